The molecule has 20 heavy (non-hydrogen) atoms. The van der Waals surface area contributed by atoms with Crippen LogP contribution in [0.5, 0.6) is 0 Å². The molecule has 4 heteroatoms. The molecule has 0 fully saturated rings. The molecule has 0 saturated heterocycles. The van der Waals surface area contributed by atoms with Crippen molar-refractivity contribution in [1.82, 2.24) is 9.88 Å². The highest BCUT2D eigenvalue weighted by Gasteiger charge is 2.21. The summed E-state index contributed by atoms with van der Waals surface area (Å²) in [6, 6.07) is 2.70. The first-order valence-electron chi connectivity index (χ1n) is 7.41. The summed E-state index contributed by atoms with van der Waals surface area (Å²) < 4.78 is 3.59. The van der Waals surface area contributed by atoms with Crippen molar-refractivity contribution in [2.75, 3.05) is 6.54 Å². The summed E-state index contributed by atoms with van der Waals surface area (Å²) in [5, 5.41) is 5.84. The number of hydrogen-bond donors (Lipinski definition) is 1. The SMILES string of the molecule is CCCNC1CCCc2cn(Cc3sccc3Br)cc21. The lowest BCUT2D eigenvalue weighted by atomic mass is 9.91. The summed E-state index contributed by atoms with van der Waals surface area (Å²) in [5.74, 6) is 0. The van der Waals surface area contributed by atoms with Gasteiger partial charge in [-0.1, -0.05) is 6.92 Å². The third kappa shape index (κ3) is 3.02. The van der Waals surface area contributed by atoms with E-state index in [1.54, 1.807) is 0 Å². The Hall–Kier alpha value is -0.580. The third-order valence-corrected chi connectivity index (χ3v) is 5.88. The Morgan fingerprint density at radius 2 is 2.35 bits per heavy atom. The first-order chi connectivity index (χ1) is 9.78. The number of fused-ring (bicyclic) bond motifs is 1. The molecule has 1 N–H and O–H groups in total. The van der Waals surface area contributed by atoms with E-state index in [2.05, 4.69) is 56.6 Å². The van der Waals surface area contributed by atoms with Crippen LogP contribution in [-0.2, 0) is 13.0 Å². The highest BCUT2D eigenvalue weighted by Crippen LogP contribution is 2.31. The van der Waals surface area contributed by atoms with E-state index in [-0.39, 0.29) is 0 Å². The second-order valence-corrected chi connectivity index (χ2v) is 7.36. The smallest absolute Gasteiger partial charge is 0.0575 e. The first-order valence-corrected chi connectivity index (χ1v) is 9.09. The number of rotatable bonds is 5. The van der Waals surface area contributed by atoms with Crippen LogP contribution >= 0.6 is 27.3 Å². The molecule has 108 valence electrons. The molecule has 1 atom stereocenters. The zero-order valence-corrected chi connectivity index (χ0v) is 14.3. The lowest BCUT2D eigenvalue weighted by molar-refractivity contribution is 0.462. The van der Waals surface area contributed by atoms with E-state index in [0.717, 1.165) is 13.1 Å². The fourth-order valence-electron chi connectivity index (χ4n) is 2.97. The van der Waals surface area contributed by atoms with Crippen LogP contribution in [0.3, 0.4) is 0 Å². The van der Waals surface area contributed by atoms with Gasteiger partial charge in [0.1, 0.15) is 0 Å². The number of nitrogens with zero attached hydrogens (tertiary/aromatic N) is 1. The van der Waals surface area contributed by atoms with E-state index in [1.165, 1.54) is 46.2 Å². The molecule has 1 aliphatic rings. The van der Waals surface area contributed by atoms with Gasteiger partial charge in [0.25, 0.3) is 0 Å². The van der Waals surface area contributed by atoms with E-state index in [4.69, 9.17) is 0 Å². The molecule has 1 aliphatic carbocycles. The van der Waals surface area contributed by atoms with Crippen LogP contribution in [0.25, 0.3) is 0 Å². The van der Waals surface area contributed by atoms with Crippen molar-refractivity contribution in [2.45, 2.75) is 45.2 Å². The minimum absolute atomic E-state index is 0.562. The van der Waals surface area contributed by atoms with Crippen molar-refractivity contribution < 1.29 is 0 Å². The lowest BCUT2D eigenvalue weighted by Gasteiger charge is -2.23. The zero-order valence-electron chi connectivity index (χ0n) is 11.9. The van der Waals surface area contributed by atoms with Gasteiger partial charge in [-0.05, 0) is 70.7 Å². The van der Waals surface area contributed by atoms with Crippen molar-refractivity contribution in [3.8, 4) is 0 Å². The Morgan fingerprint density at radius 1 is 1.45 bits per heavy atom. The van der Waals surface area contributed by atoms with Crippen LogP contribution in [0.15, 0.2) is 28.3 Å². The standard InChI is InChI=1S/C16H21BrN2S/c1-2-7-18-15-5-3-4-12-9-19(10-13(12)15)11-16-14(17)6-8-20-16/h6,8-10,15,18H,2-5,7,11H2,1H3. The maximum Gasteiger partial charge on any atom is 0.0575 e. The van der Waals surface area contributed by atoms with Gasteiger partial charge in [-0.15, -0.1) is 11.3 Å². The Kier molecular flexibility index (Phi) is 4.64. The largest absolute Gasteiger partial charge is 0.348 e. The molecule has 2 aromatic heterocycles. The van der Waals surface area contributed by atoms with Crippen LogP contribution in [-0.4, -0.2) is 11.1 Å². The number of halogens is 1. The Balaban J connectivity index is 1.78. The number of thiophene rings is 1. The fraction of sp³-hybridized carbons (Fsp3) is 0.500. The summed E-state index contributed by atoms with van der Waals surface area (Å²) in [5.41, 5.74) is 3.06. The number of aromatic nitrogens is 1. The summed E-state index contributed by atoms with van der Waals surface area (Å²) in [6.07, 6.45) is 9.73. The van der Waals surface area contributed by atoms with Gasteiger partial charge < -0.3 is 9.88 Å². The fourth-order valence-corrected chi connectivity index (χ4v) is 4.46. The third-order valence-electron chi connectivity index (χ3n) is 3.97. The van der Waals surface area contributed by atoms with Crippen molar-refractivity contribution >= 4 is 27.3 Å². The van der Waals surface area contributed by atoms with E-state index in [0.29, 0.717) is 6.04 Å². The Labute approximate surface area is 133 Å². The van der Waals surface area contributed by atoms with Gasteiger partial charge in [0.05, 0.1) is 6.54 Å². The molecular formula is C16H21BrN2S. The maximum atomic E-state index is 3.69. The predicted molar refractivity (Wildman–Crippen MR) is 89.5 cm³/mol. The van der Waals surface area contributed by atoms with Gasteiger partial charge in [-0.25, -0.2) is 0 Å². The van der Waals surface area contributed by atoms with Crippen molar-refractivity contribution in [3.63, 3.8) is 0 Å². The Bertz CT molecular complexity index is 573. The van der Waals surface area contributed by atoms with Crippen LogP contribution < -0.4 is 5.32 Å². The minimum atomic E-state index is 0.562. The molecule has 0 amide bonds. The summed E-state index contributed by atoms with van der Waals surface area (Å²) in [6.45, 7) is 4.33. The van der Waals surface area contributed by atoms with Crippen LogP contribution in [0.1, 0.15) is 48.2 Å². The molecule has 3 rings (SSSR count). The average molecular weight is 353 g/mol. The summed E-state index contributed by atoms with van der Waals surface area (Å²) in [4.78, 5) is 1.40. The zero-order chi connectivity index (χ0) is 13.9. The molecule has 0 spiro atoms. The molecule has 0 aliphatic heterocycles. The molecule has 2 aromatic rings. The van der Waals surface area contributed by atoms with Gasteiger partial charge in [-0.2, -0.15) is 0 Å². The van der Waals surface area contributed by atoms with Gasteiger partial charge >= 0.3 is 0 Å². The Morgan fingerprint density at radius 3 is 3.10 bits per heavy atom. The van der Waals surface area contributed by atoms with Crippen LogP contribution in [0.4, 0.5) is 0 Å². The summed E-state index contributed by atoms with van der Waals surface area (Å²) in [7, 11) is 0. The molecule has 0 radical (unpaired) electrons. The van der Waals surface area contributed by atoms with E-state index in [1.807, 2.05) is 11.3 Å². The highest BCUT2D eigenvalue weighted by molar-refractivity contribution is 9.10. The average Bonchev–Trinajstić information content (AvgIpc) is 3.03. The molecule has 1 unspecified atom stereocenters. The highest BCUT2D eigenvalue weighted by atomic mass is 79.9. The number of aryl methyl sites for hydroxylation is 1. The second kappa shape index (κ2) is 6.46. The van der Waals surface area contributed by atoms with Gasteiger partial charge in [-0.3, -0.25) is 0 Å². The molecule has 0 aromatic carbocycles. The molecule has 2 nitrogen and oxygen atoms in total. The van der Waals surface area contributed by atoms with Gasteiger partial charge in [0, 0.05) is 27.8 Å². The van der Waals surface area contributed by atoms with Crippen molar-refractivity contribution in [1.29, 1.82) is 0 Å². The van der Waals surface area contributed by atoms with Crippen LogP contribution in [0.2, 0.25) is 0 Å². The summed E-state index contributed by atoms with van der Waals surface area (Å²) >= 11 is 5.45. The molecular weight excluding hydrogens is 332 g/mol. The normalized spacial score (nSPS) is 18.2. The maximum absolute atomic E-state index is 3.69. The van der Waals surface area contributed by atoms with Crippen LogP contribution in [0, 0.1) is 0 Å². The lowest BCUT2D eigenvalue weighted by Crippen LogP contribution is -2.24. The monoisotopic (exact) mass is 352 g/mol. The minimum Gasteiger partial charge on any atom is -0.348 e. The quantitative estimate of drug-likeness (QED) is 0.822. The number of hydrogen-bond acceptors (Lipinski definition) is 2. The van der Waals surface area contributed by atoms with Crippen molar-refractivity contribution in [2.24, 2.45) is 0 Å². The first kappa shape index (κ1) is 14.4. The predicted octanol–water partition coefficient (Wildman–Crippen LogP) is 4.74. The molecule has 2 heterocycles. The van der Waals surface area contributed by atoms with E-state index >= 15 is 0 Å². The second-order valence-electron chi connectivity index (χ2n) is 5.50. The van der Waals surface area contributed by atoms with Crippen molar-refractivity contribution in [3.05, 3.63) is 44.3 Å². The van der Waals surface area contributed by atoms with Gasteiger partial charge in [0.15, 0.2) is 0 Å². The number of nitrogens with one attached hydrogen (secondary N) is 1. The molecule has 0 saturated carbocycles. The van der Waals surface area contributed by atoms with Gasteiger partial charge in [0.2, 0.25) is 0 Å². The van der Waals surface area contributed by atoms with E-state index in [9.17, 15) is 0 Å². The molecule has 0 bridgehead atoms. The van der Waals surface area contributed by atoms with E-state index < -0.39 is 0 Å². The topological polar surface area (TPSA) is 17.0 Å².